The molecule has 0 heteroatoms. The number of hydrogen-bond acceptors (Lipinski definition) is 0. The Hall–Kier alpha value is -4.90. The monoisotopic (exact) mass is 348 g/mol. The van der Waals surface area contributed by atoms with Crippen LogP contribution in [0.4, 0.5) is 0 Å². The first-order chi connectivity index (χ1) is 13.7. The molecule has 0 aliphatic heterocycles. The van der Waals surface area contributed by atoms with Crippen LogP contribution in [0.3, 0.4) is 0 Å². The molecule has 28 heavy (non-hydrogen) atoms. The fourth-order valence-corrected chi connectivity index (χ4v) is 1.92. The summed E-state index contributed by atoms with van der Waals surface area (Å²) in [6.45, 7) is 0. The Balaban J connectivity index is 2.56. The zero-order valence-corrected chi connectivity index (χ0v) is 14.9. The molecule has 0 spiro atoms. The number of benzene rings is 2. The molecule has 0 aromatic heterocycles. The second-order valence-corrected chi connectivity index (χ2v) is 5.23. The van der Waals surface area contributed by atoms with Crippen molar-refractivity contribution in [3.05, 3.63) is 92.0 Å². The van der Waals surface area contributed by atoms with Crippen molar-refractivity contribution >= 4 is 22.9 Å². The molecule has 0 N–H and O–H groups in total. The summed E-state index contributed by atoms with van der Waals surface area (Å²) in [4.78, 5) is 0. The third-order valence-corrected chi connectivity index (χ3v) is 3.36. The van der Waals surface area contributed by atoms with Crippen molar-refractivity contribution in [2.75, 3.05) is 0 Å². The lowest BCUT2D eigenvalue weighted by molar-refractivity contribution is 1.55. The van der Waals surface area contributed by atoms with E-state index in [1.807, 2.05) is 48.5 Å². The van der Waals surface area contributed by atoms with E-state index in [0.717, 1.165) is 20.9 Å². The van der Waals surface area contributed by atoms with E-state index in [0.29, 0.717) is 11.1 Å². The quantitative estimate of drug-likeness (QED) is 0.495. The van der Waals surface area contributed by atoms with E-state index in [4.69, 9.17) is 25.7 Å². The van der Waals surface area contributed by atoms with Gasteiger partial charge in [0.1, 0.15) is 11.1 Å². The van der Waals surface area contributed by atoms with Gasteiger partial charge in [0, 0.05) is 20.9 Å². The van der Waals surface area contributed by atoms with Gasteiger partial charge in [-0.15, -0.1) is 25.7 Å². The predicted octanol–water partition coefficient (Wildman–Crippen LogP) is 1.16. The van der Waals surface area contributed by atoms with Gasteiger partial charge in [-0.05, 0) is 60.0 Å². The maximum absolute atomic E-state index is 5.24. The molecule has 0 aliphatic rings. The Morgan fingerprint density at radius 1 is 0.429 bits per heavy atom. The normalized spacial score (nSPS) is 7.71. The highest BCUT2D eigenvalue weighted by atomic mass is 13.8. The molecule has 0 fully saturated rings. The molecule has 0 saturated carbocycles. The molecular formula is C28H12. The molecule has 2 aromatic rings. The van der Waals surface area contributed by atoms with E-state index in [1.165, 1.54) is 0 Å². The van der Waals surface area contributed by atoms with Gasteiger partial charge >= 0.3 is 0 Å². The van der Waals surface area contributed by atoms with Crippen LogP contribution in [0.25, 0.3) is 22.9 Å². The minimum atomic E-state index is 0.324. The summed E-state index contributed by atoms with van der Waals surface area (Å²) in [6.07, 6.45) is 21.0. The third-order valence-electron chi connectivity index (χ3n) is 3.36. The molecule has 124 valence electrons. The maximum Gasteiger partial charge on any atom is 0.124 e. The van der Waals surface area contributed by atoms with E-state index in [-0.39, 0.29) is 0 Å². The van der Waals surface area contributed by atoms with Crippen molar-refractivity contribution in [1.82, 2.24) is 0 Å². The lowest BCUT2D eigenvalue weighted by Gasteiger charge is -1.81. The Kier molecular flexibility index (Phi) is 7.06. The van der Waals surface area contributed by atoms with Gasteiger partial charge in [0.2, 0.25) is 0 Å². The summed E-state index contributed by atoms with van der Waals surface area (Å²) < 4.78 is 0. The zero-order chi connectivity index (χ0) is 20.2. The van der Waals surface area contributed by atoms with Gasteiger partial charge in [0.05, 0.1) is 0 Å². The summed E-state index contributed by atoms with van der Waals surface area (Å²) >= 11 is 0. The van der Waals surface area contributed by atoms with Crippen LogP contribution in [-0.4, -0.2) is 0 Å². The van der Waals surface area contributed by atoms with Crippen LogP contribution in [0.5, 0.6) is 0 Å². The van der Waals surface area contributed by atoms with Crippen molar-refractivity contribution in [3.8, 4) is 49.4 Å². The van der Waals surface area contributed by atoms with E-state index in [1.54, 1.807) is 0 Å². The van der Waals surface area contributed by atoms with Crippen molar-refractivity contribution in [2.24, 2.45) is 0 Å². The first kappa shape index (κ1) is 19.4. The molecule has 0 bridgehead atoms. The molecular weight excluding hydrogens is 336 g/mol. The lowest BCUT2D eigenvalue weighted by atomic mass is 10.2. The van der Waals surface area contributed by atoms with Gasteiger partial charge in [-0.2, -0.15) is 0 Å². The Labute approximate surface area is 164 Å². The molecule has 0 amide bonds. The minimum Gasteiger partial charge on any atom is -0.113 e. The van der Waals surface area contributed by atoms with Crippen LogP contribution >= 0.6 is 0 Å². The first-order valence-corrected chi connectivity index (χ1v) is 8.05. The minimum absolute atomic E-state index is 0.324. The van der Waals surface area contributed by atoms with E-state index in [2.05, 4.69) is 58.1 Å². The highest BCUT2D eigenvalue weighted by Gasteiger charge is 1.80. The highest BCUT2D eigenvalue weighted by molar-refractivity contribution is 5.45. The van der Waals surface area contributed by atoms with Crippen molar-refractivity contribution in [2.45, 2.75) is 0 Å². The second kappa shape index (κ2) is 10.2. The Morgan fingerprint density at radius 3 is 0.929 bits per heavy atom. The van der Waals surface area contributed by atoms with Crippen LogP contribution in [0, 0.1) is 49.4 Å². The molecule has 2 rings (SSSR count). The SMILES string of the molecule is C#CC(=C=C=c1ccc(=C=C=c2ccc(=C=C=C(C#C)C#C)cc2)cc1)C#C. The Morgan fingerprint density at radius 2 is 0.679 bits per heavy atom. The zero-order valence-electron chi connectivity index (χ0n) is 14.9. The summed E-state index contributed by atoms with van der Waals surface area (Å²) in [6, 6.07) is 15.0. The number of allylic oxidation sites excluding steroid dienone is 2. The summed E-state index contributed by atoms with van der Waals surface area (Å²) in [7, 11) is 0. The number of hydrogen-bond donors (Lipinski definition) is 0. The smallest absolute Gasteiger partial charge is 0.113 e. The second-order valence-electron chi connectivity index (χ2n) is 5.23. The van der Waals surface area contributed by atoms with Gasteiger partial charge in [-0.25, -0.2) is 0 Å². The summed E-state index contributed by atoms with van der Waals surface area (Å²) in [5.41, 5.74) is 18.2. The van der Waals surface area contributed by atoms with Gasteiger partial charge in [0.15, 0.2) is 0 Å². The summed E-state index contributed by atoms with van der Waals surface area (Å²) in [5.74, 6) is 9.41. The topological polar surface area (TPSA) is 0 Å². The van der Waals surface area contributed by atoms with Crippen molar-refractivity contribution < 1.29 is 0 Å². The van der Waals surface area contributed by atoms with Crippen LogP contribution in [-0.2, 0) is 0 Å². The third kappa shape index (κ3) is 5.87. The van der Waals surface area contributed by atoms with Crippen LogP contribution in [0.1, 0.15) is 0 Å². The van der Waals surface area contributed by atoms with E-state index < -0.39 is 0 Å². The molecule has 0 radical (unpaired) electrons. The van der Waals surface area contributed by atoms with Crippen molar-refractivity contribution in [3.63, 3.8) is 0 Å². The van der Waals surface area contributed by atoms with Crippen LogP contribution < -0.4 is 20.9 Å². The lowest BCUT2D eigenvalue weighted by Crippen LogP contribution is -2.05. The van der Waals surface area contributed by atoms with Crippen LogP contribution in [0.2, 0.25) is 0 Å². The fraction of sp³-hybridized carbons (Fsp3) is 0. The molecule has 0 atom stereocenters. The standard InChI is InChI=1S/C28H12/c1-5-23(6-2)9-11-25-13-17-27(18-14-25)21-22-28-19-15-26(16-20-28)12-10-24(7-3)8-4/h1-4,13-20H. The predicted molar refractivity (Wildman–Crippen MR) is 114 cm³/mol. The fourth-order valence-electron chi connectivity index (χ4n) is 1.92. The summed E-state index contributed by atoms with van der Waals surface area (Å²) in [5, 5.41) is 3.36. The van der Waals surface area contributed by atoms with Gasteiger partial charge in [-0.3, -0.25) is 0 Å². The Bertz CT molecular complexity index is 1340. The average molecular weight is 348 g/mol. The molecule has 0 heterocycles. The van der Waals surface area contributed by atoms with Gasteiger partial charge in [-0.1, -0.05) is 46.6 Å². The molecule has 0 nitrogen and oxygen atoms in total. The average Bonchev–Trinajstić information content (AvgIpc) is 2.75. The van der Waals surface area contributed by atoms with Gasteiger partial charge < -0.3 is 0 Å². The molecule has 0 aliphatic carbocycles. The highest BCUT2D eigenvalue weighted by Crippen LogP contribution is 1.82. The molecule has 2 aromatic carbocycles. The van der Waals surface area contributed by atoms with Gasteiger partial charge in [0.25, 0.3) is 0 Å². The number of rotatable bonds is 0. The van der Waals surface area contributed by atoms with E-state index >= 15 is 0 Å². The van der Waals surface area contributed by atoms with E-state index in [9.17, 15) is 0 Å². The molecule has 0 saturated heterocycles. The molecule has 0 unspecified atom stereocenters. The number of terminal acetylenes is 4. The first-order valence-electron chi connectivity index (χ1n) is 8.05. The largest absolute Gasteiger partial charge is 0.124 e. The maximum atomic E-state index is 5.24. The van der Waals surface area contributed by atoms with Crippen molar-refractivity contribution in [1.29, 1.82) is 0 Å². The van der Waals surface area contributed by atoms with Crippen LogP contribution in [0.15, 0.2) is 71.1 Å².